The van der Waals surface area contributed by atoms with Crippen molar-refractivity contribution in [2.45, 2.75) is 12.7 Å². The van der Waals surface area contributed by atoms with Crippen LogP contribution in [-0.2, 0) is 17.5 Å². The number of piperazine rings is 1. The van der Waals surface area contributed by atoms with Gasteiger partial charge in [0.25, 0.3) is 5.91 Å². The molecule has 0 unspecified atom stereocenters. The molecule has 2 aromatic carbocycles. The van der Waals surface area contributed by atoms with E-state index in [2.05, 4.69) is 26.9 Å². The summed E-state index contributed by atoms with van der Waals surface area (Å²) in [4.78, 5) is 21.6. The van der Waals surface area contributed by atoms with Crippen molar-refractivity contribution in [3.8, 4) is 5.75 Å². The Bertz CT molecular complexity index is 1370. The van der Waals surface area contributed by atoms with E-state index in [0.717, 1.165) is 48.4 Å². The van der Waals surface area contributed by atoms with Gasteiger partial charge in [-0.1, -0.05) is 12.1 Å². The molecule has 2 aliphatic rings. The van der Waals surface area contributed by atoms with Crippen molar-refractivity contribution < 1.29 is 22.7 Å². The molecule has 0 aliphatic carbocycles. The lowest BCUT2D eigenvalue weighted by Crippen LogP contribution is -2.46. The lowest BCUT2D eigenvalue weighted by molar-refractivity contribution is -0.138. The van der Waals surface area contributed by atoms with E-state index in [1.165, 1.54) is 35.7 Å². The van der Waals surface area contributed by atoms with Gasteiger partial charge in [0.2, 0.25) is 0 Å². The number of carbonyl (C=O) groups is 1. The molecule has 0 atom stereocenters. The number of alkyl halides is 3. The highest BCUT2D eigenvalue weighted by Gasteiger charge is 2.34. The lowest BCUT2D eigenvalue weighted by atomic mass is 10.1. The molecule has 3 heterocycles. The number of nitrogens with zero attached hydrogens (tertiary/aromatic N) is 5. The molecular weight excluding hydrogens is 491 g/mol. The fourth-order valence-electron chi connectivity index (χ4n) is 4.25. The first kappa shape index (κ1) is 24.4. The number of benzene rings is 2. The molecule has 0 bridgehead atoms. The van der Waals surface area contributed by atoms with Crippen molar-refractivity contribution in [2.75, 3.05) is 40.3 Å². The van der Waals surface area contributed by atoms with Crippen LogP contribution >= 0.6 is 11.8 Å². The van der Waals surface area contributed by atoms with Gasteiger partial charge in [-0.25, -0.2) is 0 Å². The number of carbonyl (C=O) groups excluding carboxylic acids is 1. The third-order valence-electron chi connectivity index (χ3n) is 6.29. The topological polar surface area (TPSA) is 63.0 Å². The number of ether oxygens (including phenoxy) is 1. The Morgan fingerprint density at radius 1 is 1.11 bits per heavy atom. The highest BCUT2D eigenvalue weighted by Crippen LogP contribution is 2.35. The smallest absolute Gasteiger partial charge is 0.416 e. The number of likely N-dealkylation sites (N-methyl/N-ethyl adjacent to an activating group) is 1. The minimum absolute atomic E-state index is 0.0423. The van der Waals surface area contributed by atoms with Crippen LogP contribution in [0.5, 0.6) is 5.75 Å². The van der Waals surface area contributed by atoms with Crippen LogP contribution < -0.4 is 4.74 Å². The molecule has 0 radical (unpaired) electrons. The average Bonchev–Trinajstić information content (AvgIpc) is 3.42. The van der Waals surface area contributed by atoms with Crippen LogP contribution in [0.15, 0.2) is 52.5 Å². The number of fused-ring (bicyclic) bond motifs is 1. The molecule has 36 heavy (non-hydrogen) atoms. The van der Waals surface area contributed by atoms with Crippen LogP contribution in [0.25, 0.3) is 17.0 Å². The molecule has 188 valence electrons. The van der Waals surface area contributed by atoms with Gasteiger partial charge in [-0.2, -0.15) is 23.3 Å². The SMILES string of the molecule is COc1ccc(Cn2ncc3cc(C=C4SC(N5CCN(C)CC5)=NC4=O)ccc32)c(C(F)(F)F)c1. The molecule has 1 amide bonds. The van der Waals surface area contributed by atoms with E-state index in [0.29, 0.717) is 10.4 Å². The molecule has 1 aromatic heterocycles. The van der Waals surface area contributed by atoms with E-state index >= 15 is 0 Å². The van der Waals surface area contributed by atoms with Crippen LogP contribution in [0, 0.1) is 0 Å². The number of rotatable bonds is 4. The van der Waals surface area contributed by atoms with Gasteiger partial charge >= 0.3 is 6.18 Å². The normalized spacial score (nSPS) is 18.4. The van der Waals surface area contributed by atoms with E-state index in [1.54, 1.807) is 18.3 Å². The van der Waals surface area contributed by atoms with Crippen molar-refractivity contribution in [3.63, 3.8) is 0 Å². The summed E-state index contributed by atoms with van der Waals surface area (Å²) in [7, 11) is 3.40. The van der Waals surface area contributed by atoms with Crippen molar-refractivity contribution in [3.05, 3.63) is 64.2 Å². The zero-order valence-electron chi connectivity index (χ0n) is 19.7. The minimum atomic E-state index is -4.51. The molecule has 7 nitrogen and oxygen atoms in total. The van der Waals surface area contributed by atoms with Crippen molar-refractivity contribution in [2.24, 2.45) is 4.99 Å². The third kappa shape index (κ3) is 4.98. The summed E-state index contributed by atoms with van der Waals surface area (Å²) < 4.78 is 47.3. The first-order chi connectivity index (χ1) is 17.2. The van der Waals surface area contributed by atoms with Crippen LogP contribution in [0.3, 0.4) is 0 Å². The Kier molecular flexibility index (Phi) is 6.52. The van der Waals surface area contributed by atoms with Crippen LogP contribution in [0.2, 0.25) is 0 Å². The zero-order valence-corrected chi connectivity index (χ0v) is 20.6. The molecule has 2 aliphatic heterocycles. The summed E-state index contributed by atoms with van der Waals surface area (Å²) in [6.45, 7) is 3.47. The quantitative estimate of drug-likeness (QED) is 0.482. The predicted octanol–water partition coefficient (Wildman–Crippen LogP) is 4.33. The number of amides is 1. The molecule has 0 saturated carbocycles. The van der Waals surface area contributed by atoms with E-state index in [1.807, 2.05) is 12.1 Å². The number of aromatic nitrogens is 2. The second-order valence-corrected chi connectivity index (χ2v) is 9.75. The summed E-state index contributed by atoms with van der Waals surface area (Å²) in [5.74, 6) is -0.114. The first-order valence-corrected chi connectivity index (χ1v) is 12.2. The lowest BCUT2D eigenvalue weighted by Gasteiger charge is -2.32. The van der Waals surface area contributed by atoms with Crippen molar-refractivity contribution in [1.82, 2.24) is 19.6 Å². The minimum Gasteiger partial charge on any atom is -0.497 e. The highest BCUT2D eigenvalue weighted by atomic mass is 32.2. The maximum absolute atomic E-state index is 13.6. The second kappa shape index (κ2) is 9.62. The summed E-state index contributed by atoms with van der Waals surface area (Å²) in [5.41, 5.74) is 0.842. The number of methoxy groups -OCH3 is 1. The summed E-state index contributed by atoms with van der Waals surface area (Å²) in [6.07, 6.45) is -1.10. The van der Waals surface area contributed by atoms with Crippen LogP contribution in [-0.4, -0.2) is 71.0 Å². The Labute approximate surface area is 210 Å². The van der Waals surface area contributed by atoms with E-state index in [9.17, 15) is 18.0 Å². The molecule has 0 N–H and O–H groups in total. The maximum Gasteiger partial charge on any atom is 0.416 e. The average molecular weight is 516 g/mol. The monoisotopic (exact) mass is 515 g/mol. The van der Waals surface area contributed by atoms with E-state index in [4.69, 9.17) is 4.74 Å². The Balaban J connectivity index is 1.36. The number of amidine groups is 1. The van der Waals surface area contributed by atoms with Crippen molar-refractivity contribution in [1.29, 1.82) is 0 Å². The Hall–Kier alpha value is -3.31. The fourth-order valence-corrected chi connectivity index (χ4v) is 5.21. The van der Waals surface area contributed by atoms with Crippen molar-refractivity contribution >= 4 is 39.8 Å². The molecule has 3 aromatic rings. The predicted molar refractivity (Wildman–Crippen MR) is 134 cm³/mol. The third-order valence-corrected chi connectivity index (χ3v) is 7.33. The first-order valence-electron chi connectivity index (χ1n) is 11.4. The van der Waals surface area contributed by atoms with E-state index in [-0.39, 0.29) is 23.8 Å². The van der Waals surface area contributed by atoms with Gasteiger partial charge < -0.3 is 14.5 Å². The number of hydrogen-bond donors (Lipinski definition) is 0. The van der Waals surface area contributed by atoms with Gasteiger partial charge in [0.15, 0.2) is 5.17 Å². The standard InChI is InChI=1S/C25H24F3N5O2S/c1-31-7-9-32(10-8-31)24-30-23(34)22(36-24)12-16-3-6-21-18(11-16)14-29-33(21)15-17-4-5-19(35-2)13-20(17)25(26,27)28/h3-6,11-14H,7-10,15H2,1-2H3. The van der Waals surface area contributed by atoms with Gasteiger partial charge in [0.05, 0.1) is 35.8 Å². The van der Waals surface area contributed by atoms with Gasteiger partial charge in [-0.15, -0.1) is 0 Å². The number of thioether (sulfide) groups is 1. The Morgan fingerprint density at radius 2 is 1.89 bits per heavy atom. The maximum atomic E-state index is 13.6. The van der Waals surface area contributed by atoms with Gasteiger partial charge in [0, 0.05) is 31.6 Å². The molecular formula is C25H24F3N5O2S. The van der Waals surface area contributed by atoms with Gasteiger partial charge in [0.1, 0.15) is 5.75 Å². The van der Waals surface area contributed by atoms with E-state index < -0.39 is 11.7 Å². The fraction of sp³-hybridized carbons (Fsp3) is 0.320. The second-order valence-electron chi connectivity index (χ2n) is 8.74. The molecule has 0 spiro atoms. The number of hydrogen-bond acceptors (Lipinski definition) is 6. The molecule has 5 rings (SSSR count). The summed E-state index contributed by atoms with van der Waals surface area (Å²) in [5, 5.41) is 5.81. The summed E-state index contributed by atoms with van der Waals surface area (Å²) in [6, 6.07) is 9.42. The van der Waals surface area contributed by atoms with Crippen LogP contribution in [0.4, 0.5) is 13.2 Å². The Morgan fingerprint density at radius 3 is 2.61 bits per heavy atom. The van der Waals surface area contributed by atoms with Gasteiger partial charge in [-0.05, 0) is 60.3 Å². The molecule has 11 heteroatoms. The number of aliphatic imine (C=N–C) groups is 1. The van der Waals surface area contributed by atoms with Crippen LogP contribution in [0.1, 0.15) is 16.7 Å². The molecule has 1 saturated heterocycles. The molecule has 1 fully saturated rings. The van der Waals surface area contributed by atoms with Gasteiger partial charge in [-0.3, -0.25) is 9.48 Å². The number of halogens is 3. The summed E-state index contributed by atoms with van der Waals surface area (Å²) >= 11 is 1.37. The highest BCUT2D eigenvalue weighted by molar-refractivity contribution is 8.18. The largest absolute Gasteiger partial charge is 0.497 e. The zero-order chi connectivity index (χ0) is 25.4.